The summed E-state index contributed by atoms with van der Waals surface area (Å²) in [6, 6.07) is 1.89. The number of nitrogens with zero attached hydrogens (tertiary/aromatic N) is 3. The highest BCUT2D eigenvalue weighted by atomic mass is 79.9. The second kappa shape index (κ2) is 4.86. The minimum Gasteiger partial charge on any atom is -0.337 e. The molecule has 0 aromatic carbocycles. The third-order valence-corrected chi connectivity index (χ3v) is 4.57. The minimum absolute atomic E-state index is 0.0493. The molecule has 98 valence electrons. The van der Waals surface area contributed by atoms with Crippen LogP contribution in [-0.4, -0.2) is 26.9 Å². The van der Waals surface area contributed by atoms with Gasteiger partial charge in [0.05, 0.1) is 4.88 Å². The van der Waals surface area contributed by atoms with Crippen LogP contribution in [0.3, 0.4) is 0 Å². The van der Waals surface area contributed by atoms with Crippen molar-refractivity contribution in [3.63, 3.8) is 0 Å². The van der Waals surface area contributed by atoms with E-state index in [1.165, 1.54) is 11.3 Å². The summed E-state index contributed by atoms with van der Waals surface area (Å²) >= 11 is 4.87. The highest BCUT2D eigenvalue weighted by molar-refractivity contribution is 9.10. The summed E-state index contributed by atoms with van der Waals surface area (Å²) in [4.78, 5) is 29.2. The first kappa shape index (κ1) is 12.5. The van der Waals surface area contributed by atoms with E-state index in [0.717, 1.165) is 14.2 Å². The molecule has 2 aromatic rings. The summed E-state index contributed by atoms with van der Waals surface area (Å²) in [6.07, 6.45) is 0.520. The fourth-order valence-electron chi connectivity index (χ4n) is 1.80. The van der Waals surface area contributed by atoms with Crippen molar-refractivity contribution in [2.24, 2.45) is 0 Å². The van der Waals surface area contributed by atoms with E-state index in [-0.39, 0.29) is 37.1 Å². The van der Waals surface area contributed by atoms with E-state index >= 15 is 0 Å². The predicted molar refractivity (Wildman–Crippen MR) is 70.1 cm³/mol. The van der Waals surface area contributed by atoms with Crippen LogP contribution >= 0.6 is 27.3 Å². The van der Waals surface area contributed by atoms with Gasteiger partial charge in [-0.2, -0.15) is 4.98 Å². The van der Waals surface area contributed by atoms with Crippen LogP contribution in [-0.2, 0) is 16.1 Å². The number of amides is 2. The molecule has 1 saturated heterocycles. The molecule has 0 saturated carbocycles. The molecule has 0 unspecified atom stereocenters. The average Bonchev–Trinajstić information content (AvgIpc) is 3.06. The summed E-state index contributed by atoms with van der Waals surface area (Å²) in [5.74, 6) is 0.332. The van der Waals surface area contributed by atoms with Gasteiger partial charge in [0, 0.05) is 17.3 Å². The van der Waals surface area contributed by atoms with Crippen molar-refractivity contribution in [1.82, 2.24) is 15.0 Å². The Morgan fingerprint density at radius 2 is 2.11 bits per heavy atom. The third kappa shape index (κ3) is 2.33. The molecule has 0 radical (unpaired) electrons. The molecule has 6 nitrogen and oxygen atoms in total. The molecule has 0 spiro atoms. The predicted octanol–water partition coefficient (Wildman–Crippen LogP) is 2.21. The molecule has 0 atom stereocenters. The highest BCUT2D eigenvalue weighted by Crippen LogP contribution is 2.31. The number of thiophene rings is 1. The van der Waals surface area contributed by atoms with Gasteiger partial charge in [0.25, 0.3) is 0 Å². The van der Waals surface area contributed by atoms with E-state index < -0.39 is 0 Å². The van der Waals surface area contributed by atoms with Crippen LogP contribution in [0.1, 0.15) is 18.7 Å². The summed E-state index contributed by atoms with van der Waals surface area (Å²) in [6.45, 7) is 0.0493. The average molecular weight is 342 g/mol. The maximum atomic E-state index is 11.5. The van der Waals surface area contributed by atoms with Gasteiger partial charge >= 0.3 is 0 Å². The van der Waals surface area contributed by atoms with Gasteiger partial charge in [0.2, 0.25) is 23.5 Å². The minimum atomic E-state index is -0.193. The summed E-state index contributed by atoms with van der Waals surface area (Å²) in [5.41, 5.74) is 0. The SMILES string of the molecule is O=C1CCC(=O)N1Cc1nc(-c2sccc2Br)no1. The van der Waals surface area contributed by atoms with Gasteiger partial charge in [-0.15, -0.1) is 11.3 Å². The number of imide groups is 1. The smallest absolute Gasteiger partial charge is 0.247 e. The van der Waals surface area contributed by atoms with Crippen LogP contribution in [0.2, 0.25) is 0 Å². The number of halogens is 1. The van der Waals surface area contributed by atoms with E-state index in [1.54, 1.807) is 0 Å². The largest absolute Gasteiger partial charge is 0.337 e. The van der Waals surface area contributed by atoms with Crippen LogP contribution in [0.4, 0.5) is 0 Å². The van der Waals surface area contributed by atoms with E-state index in [4.69, 9.17) is 4.52 Å². The zero-order valence-electron chi connectivity index (χ0n) is 9.63. The highest BCUT2D eigenvalue weighted by Gasteiger charge is 2.30. The van der Waals surface area contributed by atoms with Gasteiger partial charge in [-0.3, -0.25) is 14.5 Å². The van der Waals surface area contributed by atoms with Gasteiger partial charge < -0.3 is 4.52 Å². The molecule has 0 N–H and O–H groups in total. The first-order valence-corrected chi connectivity index (χ1v) is 7.21. The lowest BCUT2D eigenvalue weighted by molar-refractivity contribution is -0.139. The van der Waals surface area contributed by atoms with Crippen molar-refractivity contribution in [1.29, 1.82) is 0 Å². The van der Waals surface area contributed by atoms with E-state index in [1.807, 2.05) is 11.4 Å². The Morgan fingerprint density at radius 1 is 1.37 bits per heavy atom. The fourth-order valence-corrected chi connectivity index (χ4v) is 3.27. The van der Waals surface area contributed by atoms with Gasteiger partial charge in [-0.1, -0.05) is 5.16 Å². The molecular formula is C11H8BrN3O3S. The Hall–Kier alpha value is -1.54. The van der Waals surface area contributed by atoms with Gasteiger partial charge in [-0.05, 0) is 27.4 Å². The Labute approximate surface area is 120 Å². The van der Waals surface area contributed by atoms with Crippen molar-refractivity contribution < 1.29 is 14.1 Å². The molecule has 2 amide bonds. The first-order chi connectivity index (χ1) is 9.15. The van der Waals surface area contributed by atoms with Gasteiger partial charge in [0.1, 0.15) is 6.54 Å². The number of hydrogen-bond donors (Lipinski definition) is 0. The zero-order valence-corrected chi connectivity index (χ0v) is 12.0. The molecule has 8 heteroatoms. The fraction of sp³-hybridized carbons (Fsp3) is 0.273. The lowest BCUT2D eigenvalue weighted by Crippen LogP contribution is -2.28. The number of carbonyl (C=O) groups excluding carboxylic acids is 2. The second-order valence-corrected chi connectivity index (χ2v) is 5.75. The van der Waals surface area contributed by atoms with E-state index in [0.29, 0.717) is 5.82 Å². The summed E-state index contributed by atoms with van der Waals surface area (Å²) < 4.78 is 5.97. The normalized spacial score (nSPS) is 15.5. The molecule has 1 fully saturated rings. The third-order valence-electron chi connectivity index (χ3n) is 2.74. The molecule has 3 heterocycles. The maximum Gasteiger partial charge on any atom is 0.247 e. The molecular weight excluding hydrogens is 334 g/mol. The van der Waals surface area contributed by atoms with Crippen molar-refractivity contribution in [3.05, 3.63) is 21.8 Å². The molecule has 3 rings (SSSR count). The number of hydrogen-bond acceptors (Lipinski definition) is 6. The summed E-state index contributed by atoms with van der Waals surface area (Å²) in [7, 11) is 0. The molecule has 19 heavy (non-hydrogen) atoms. The van der Waals surface area contributed by atoms with Crippen LogP contribution in [0, 0.1) is 0 Å². The Kier molecular flexibility index (Phi) is 3.19. The van der Waals surface area contributed by atoms with Crippen molar-refractivity contribution in [3.8, 4) is 10.7 Å². The quantitative estimate of drug-likeness (QED) is 0.800. The summed E-state index contributed by atoms with van der Waals surface area (Å²) in [5, 5.41) is 5.76. The van der Waals surface area contributed by atoms with Crippen LogP contribution in [0.15, 0.2) is 20.4 Å². The number of rotatable bonds is 3. The standard InChI is InChI=1S/C11H8BrN3O3S/c12-6-3-4-19-10(6)11-13-7(18-14-11)5-15-8(16)1-2-9(15)17/h3-4H,1-2,5H2. The van der Waals surface area contributed by atoms with E-state index in [2.05, 4.69) is 26.1 Å². The number of carbonyl (C=O) groups is 2. The molecule has 0 bridgehead atoms. The van der Waals surface area contributed by atoms with Gasteiger partial charge in [0.15, 0.2) is 0 Å². The number of aromatic nitrogens is 2. The monoisotopic (exact) mass is 341 g/mol. The van der Waals surface area contributed by atoms with E-state index in [9.17, 15) is 9.59 Å². The first-order valence-electron chi connectivity index (χ1n) is 5.54. The second-order valence-electron chi connectivity index (χ2n) is 3.98. The van der Waals surface area contributed by atoms with Gasteiger partial charge in [-0.25, -0.2) is 0 Å². The van der Waals surface area contributed by atoms with Crippen molar-refractivity contribution in [2.75, 3.05) is 0 Å². The maximum absolute atomic E-state index is 11.5. The Morgan fingerprint density at radius 3 is 2.74 bits per heavy atom. The Bertz CT molecular complexity index is 635. The topological polar surface area (TPSA) is 76.3 Å². The van der Waals surface area contributed by atoms with Crippen LogP contribution in [0.25, 0.3) is 10.7 Å². The molecule has 1 aliphatic rings. The lowest BCUT2D eigenvalue weighted by atomic mass is 10.4. The lowest BCUT2D eigenvalue weighted by Gasteiger charge is -2.09. The number of likely N-dealkylation sites (tertiary alicyclic amines) is 1. The van der Waals surface area contributed by atoms with Crippen molar-refractivity contribution >= 4 is 39.1 Å². The van der Waals surface area contributed by atoms with Crippen molar-refractivity contribution in [2.45, 2.75) is 19.4 Å². The molecule has 0 aliphatic carbocycles. The molecule has 1 aliphatic heterocycles. The zero-order chi connectivity index (χ0) is 13.4. The molecule has 2 aromatic heterocycles. The van der Waals surface area contributed by atoms with Crippen LogP contribution < -0.4 is 0 Å². The van der Waals surface area contributed by atoms with Crippen LogP contribution in [0.5, 0.6) is 0 Å². The Balaban J connectivity index is 1.81.